The van der Waals surface area contributed by atoms with E-state index in [0.29, 0.717) is 11.3 Å². The fourth-order valence-corrected chi connectivity index (χ4v) is 3.23. The summed E-state index contributed by atoms with van der Waals surface area (Å²) in [5.41, 5.74) is 1.82. The van der Waals surface area contributed by atoms with E-state index in [1.54, 1.807) is 12.1 Å². The van der Waals surface area contributed by atoms with Gasteiger partial charge >= 0.3 is 0 Å². The Bertz CT molecular complexity index is 817. The molecule has 1 fully saturated rings. The van der Waals surface area contributed by atoms with Crippen LogP contribution in [0.4, 0.5) is 11.4 Å². The van der Waals surface area contributed by atoms with Crippen LogP contribution in [-0.2, 0) is 0 Å². The average Bonchev–Trinajstić information content (AvgIpc) is 2.68. The number of hydrogen-bond donors (Lipinski definition) is 1. The molecule has 0 bridgehead atoms. The third kappa shape index (κ3) is 4.43. The molecule has 7 heteroatoms. The van der Waals surface area contributed by atoms with Crippen LogP contribution in [0.1, 0.15) is 28.9 Å². The van der Waals surface area contributed by atoms with Crippen LogP contribution in [0, 0.1) is 10.1 Å². The van der Waals surface area contributed by atoms with Crippen molar-refractivity contribution in [2.45, 2.75) is 13.0 Å². The minimum Gasteiger partial charge on any atom is -0.363 e. The summed E-state index contributed by atoms with van der Waals surface area (Å²) in [5.74, 6) is -0.320. The van der Waals surface area contributed by atoms with Crippen molar-refractivity contribution < 1.29 is 9.72 Å². The van der Waals surface area contributed by atoms with E-state index in [4.69, 9.17) is 0 Å². The highest BCUT2D eigenvalue weighted by atomic mass is 16.6. The van der Waals surface area contributed by atoms with Crippen LogP contribution in [0.25, 0.3) is 0 Å². The van der Waals surface area contributed by atoms with Crippen molar-refractivity contribution in [3.63, 3.8) is 0 Å². The van der Waals surface area contributed by atoms with Crippen molar-refractivity contribution >= 4 is 17.3 Å². The van der Waals surface area contributed by atoms with Crippen LogP contribution >= 0.6 is 0 Å². The first-order valence-electron chi connectivity index (χ1n) is 9.03. The number of likely N-dealkylation sites (N-methyl/N-ethyl adjacent to an activating group) is 1. The summed E-state index contributed by atoms with van der Waals surface area (Å²) in [7, 11) is 2.03. The molecular formula is C20H24N4O3. The zero-order valence-corrected chi connectivity index (χ0v) is 15.6. The lowest BCUT2D eigenvalue weighted by Crippen LogP contribution is -2.44. The number of nitrogens with zero attached hydrogens (tertiary/aromatic N) is 3. The van der Waals surface area contributed by atoms with Gasteiger partial charge in [-0.25, -0.2) is 0 Å². The molecule has 1 amide bonds. The second-order valence-electron chi connectivity index (χ2n) is 6.86. The maximum Gasteiger partial charge on any atom is 0.293 e. The minimum atomic E-state index is -0.412. The topological polar surface area (TPSA) is 78.7 Å². The Morgan fingerprint density at radius 2 is 1.78 bits per heavy atom. The highest BCUT2D eigenvalue weighted by Crippen LogP contribution is 2.30. The van der Waals surface area contributed by atoms with Crippen LogP contribution in [-0.4, -0.2) is 49.0 Å². The highest BCUT2D eigenvalue weighted by molar-refractivity contribution is 5.96. The normalized spacial score (nSPS) is 16.0. The van der Waals surface area contributed by atoms with Gasteiger partial charge in [0.1, 0.15) is 5.69 Å². The predicted octanol–water partition coefficient (Wildman–Crippen LogP) is 2.84. The van der Waals surface area contributed by atoms with E-state index in [2.05, 4.69) is 10.2 Å². The molecular weight excluding hydrogens is 344 g/mol. The van der Waals surface area contributed by atoms with Crippen LogP contribution < -0.4 is 10.2 Å². The molecule has 0 radical (unpaired) electrons. The standard InChI is InChI=1S/C20H24N4O3/c1-15(16-6-4-3-5-7-16)21-20(25)17-8-9-18(19(14-17)24(26)27)23-12-10-22(2)11-13-23/h3-9,14-15H,10-13H2,1-2H3,(H,21,25). The quantitative estimate of drug-likeness (QED) is 0.648. The van der Waals surface area contributed by atoms with Gasteiger partial charge in [-0.15, -0.1) is 0 Å². The molecule has 1 atom stereocenters. The van der Waals surface area contributed by atoms with E-state index in [9.17, 15) is 14.9 Å². The molecule has 1 saturated heterocycles. The van der Waals surface area contributed by atoms with Gasteiger partial charge in [0.25, 0.3) is 11.6 Å². The third-order valence-corrected chi connectivity index (χ3v) is 4.93. The molecule has 3 rings (SSSR count). The Labute approximate surface area is 158 Å². The number of carbonyl (C=O) groups is 1. The van der Waals surface area contributed by atoms with Crippen molar-refractivity contribution in [3.05, 3.63) is 69.8 Å². The van der Waals surface area contributed by atoms with Crippen molar-refractivity contribution in [2.24, 2.45) is 0 Å². The molecule has 7 nitrogen and oxygen atoms in total. The summed E-state index contributed by atoms with van der Waals surface area (Å²) in [4.78, 5) is 27.9. The first-order chi connectivity index (χ1) is 13.0. The van der Waals surface area contributed by atoms with Gasteiger partial charge in [0.15, 0.2) is 0 Å². The number of nitro groups is 1. The number of carbonyl (C=O) groups excluding carboxylic acids is 1. The molecule has 1 N–H and O–H groups in total. The van der Waals surface area contributed by atoms with Gasteiger partial charge in [-0.2, -0.15) is 0 Å². The van der Waals surface area contributed by atoms with E-state index in [-0.39, 0.29) is 17.6 Å². The SMILES string of the molecule is CC(NC(=O)c1ccc(N2CCN(C)CC2)c([N+](=O)[O-])c1)c1ccccc1. The van der Waals surface area contributed by atoms with Crippen LogP contribution in [0.5, 0.6) is 0 Å². The van der Waals surface area contributed by atoms with E-state index in [0.717, 1.165) is 31.7 Å². The second kappa shape index (κ2) is 8.18. The number of nitro benzene ring substituents is 1. The molecule has 2 aromatic rings. The molecule has 0 spiro atoms. The zero-order chi connectivity index (χ0) is 19.4. The van der Waals surface area contributed by atoms with Gasteiger partial charge in [0.05, 0.1) is 11.0 Å². The Hall–Kier alpha value is -2.93. The molecule has 2 aromatic carbocycles. The van der Waals surface area contributed by atoms with Gasteiger partial charge < -0.3 is 15.1 Å². The third-order valence-electron chi connectivity index (χ3n) is 4.93. The molecule has 0 aliphatic carbocycles. The Kier molecular flexibility index (Phi) is 5.71. The fourth-order valence-electron chi connectivity index (χ4n) is 3.23. The number of rotatable bonds is 5. The lowest BCUT2D eigenvalue weighted by atomic mass is 10.1. The highest BCUT2D eigenvalue weighted by Gasteiger charge is 2.24. The zero-order valence-electron chi connectivity index (χ0n) is 15.6. The fraction of sp³-hybridized carbons (Fsp3) is 0.350. The second-order valence-corrected chi connectivity index (χ2v) is 6.86. The number of nitrogens with one attached hydrogen (secondary N) is 1. The van der Waals surface area contributed by atoms with Gasteiger partial charge in [0.2, 0.25) is 0 Å². The summed E-state index contributed by atoms with van der Waals surface area (Å²) >= 11 is 0. The van der Waals surface area contributed by atoms with Gasteiger partial charge in [-0.3, -0.25) is 14.9 Å². The summed E-state index contributed by atoms with van der Waals surface area (Å²) in [6.07, 6.45) is 0. The summed E-state index contributed by atoms with van der Waals surface area (Å²) in [6, 6.07) is 14.1. The predicted molar refractivity (Wildman–Crippen MR) is 105 cm³/mol. The number of anilines is 1. The van der Waals surface area contributed by atoms with E-state index < -0.39 is 4.92 Å². The van der Waals surface area contributed by atoms with Gasteiger partial charge in [-0.1, -0.05) is 30.3 Å². The van der Waals surface area contributed by atoms with Crippen molar-refractivity contribution in [1.82, 2.24) is 10.2 Å². The van der Waals surface area contributed by atoms with Gasteiger partial charge in [-0.05, 0) is 31.7 Å². The molecule has 1 aliphatic heterocycles. The average molecular weight is 368 g/mol. The van der Waals surface area contributed by atoms with Crippen molar-refractivity contribution in [2.75, 3.05) is 38.1 Å². The van der Waals surface area contributed by atoms with Gasteiger partial charge in [0, 0.05) is 37.8 Å². The lowest BCUT2D eigenvalue weighted by molar-refractivity contribution is -0.384. The molecule has 1 heterocycles. The first-order valence-corrected chi connectivity index (χ1v) is 9.03. The lowest BCUT2D eigenvalue weighted by Gasteiger charge is -2.33. The number of amides is 1. The van der Waals surface area contributed by atoms with Crippen molar-refractivity contribution in [1.29, 1.82) is 0 Å². The van der Waals surface area contributed by atoms with Crippen LogP contribution in [0.3, 0.4) is 0 Å². The number of hydrogen-bond acceptors (Lipinski definition) is 5. The first kappa shape index (κ1) is 18.8. The Morgan fingerprint density at radius 1 is 1.11 bits per heavy atom. The van der Waals surface area contributed by atoms with E-state index >= 15 is 0 Å². The van der Waals surface area contributed by atoms with E-state index in [1.165, 1.54) is 6.07 Å². The Balaban J connectivity index is 1.79. The minimum absolute atomic E-state index is 0.0282. The van der Waals surface area contributed by atoms with Crippen LogP contribution in [0.2, 0.25) is 0 Å². The van der Waals surface area contributed by atoms with E-state index in [1.807, 2.05) is 49.2 Å². The molecule has 1 unspecified atom stereocenters. The Morgan fingerprint density at radius 3 is 2.41 bits per heavy atom. The van der Waals surface area contributed by atoms with Crippen molar-refractivity contribution in [3.8, 4) is 0 Å². The summed E-state index contributed by atoms with van der Waals surface area (Å²) in [6.45, 7) is 5.06. The monoisotopic (exact) mass is 368 g/mol. The molecule has 0 saturated carbocycles. The molecule has 142 valence electrons. The summed E-state index contributed by atoms with van der Waals surface area (Å²) < 4.78 is 0. The molecule has 1 aliphatic rings. The molecule has 0 aromatic heterocycles. The van der Waals surface area contributed by atoms with Crippen LogP contribution in [0.15, 0.2) is 48.5 Å². The molecule has 27 heavy (non-hydrogen) atoms. The number of benzene rings is 2. The summed E-state index contributed by atoms with van der Waals surface area (Å²) in [5, 5.41) is 14.5. The maximum absolute atomic E-state index is 12.6. The smallest absolute Gasteiger partial charge is 0.293 e. The maximum atomic E-state index is 12.6. The largest absolute Gasteiger partial charge is 0.363 e. The number of piperazine rings is 1.